The first-order valence-corrected chi connectivity index (χ1v) is 7.99. The zero-order chi connectivity index (χ0) is 14.7. The molecular weight excluding hydrogens is 335 g/mol. The first-order valence-electron chi connectivity index (χ1n) is 7.99. The maximum absolute atomic E-state index is 5.46. The number of nitrogens with zero attached hydrogens (tertiary/aromatic N) is 1. The third kappa shape index (κ3) is 4.66. The van der Waals surface area contributed by atoms with Crippen molar-refractivity contribution in [3.05, 3.63) is 23.8 Å². The van der Waals surface area contributed by atoms with Gasteiger partial charge in [0.15, 0.2) is 0 Å². The lowest BCUT2D eigenvalue weighted by molar-refractivity contribution is 0.0834. The van der Waals surface area contributed by atoms with Gasteiger partial charge in [-0.05, 0) is 36.5 Å². The van der Waals surface area contributed by atoms with Crippen molar-refractivity contribution in [3.63, 3.8) is 0 Å². The zero-order valence-electron chi connectivity index (χ0n) is 13.9. The quantitative estimate of drug-likeness (QED) is 0.871. The molecule has 1 N–H and O–H groups in total. The molecule has 2 fully saturated rings. The van der Waals surface area contributed by atoms with Crippen molar-refractivity contribution in [2.45, 2.75) is 25.3 Å². The van der Waals surface area contributed by atoms with Crippen molar-refractivity contribution in [1.82, 2.24) is 10.2 Å². The molecule has 1 aromatic carbocycles. The van der Waals surface area contributed by atoms with E-state index in [1.54, 1.807) is 14.2 Å². The van der Waals surface area contributed by atoms with E-state index in [1.165, 1.54) is 24.8 Å². The summed E-state index contributed by atoms with van der Waals surface area (Å²) in [5.41, 5.74) is 1.35. The Kier molecular flexibility index (Phi) is 8.48. The first kappa shape index (κ1) is 20.4. The fourth-order valence-electron chi connectivity index (χ4n) is 3.50. The normalized spacial score (nSPS) is 19.7. The SMILES string of the molecule is COc1cc(OC)cc([C@@H](C2CCC2)N2CCNCC2)c1.Cl.Cl. The second kappa shape index (κ2) is 9.58. The number of halogens is 2. The van der Waals surface area contributed by atoms with Crippen LogP contribution in [0.2, 0.25) is 0 Å². The molecule has 1 saturated heterocycles. The minimum Gasteiger partial charge on any atom is -0.497 e. The van der Waals surface area contributed by atoms with Crippen LogP contribution >= 0.6 is 24.8 Å². The van der Waals surface area contributed by atoms with Crippen molar-refractivity contribution in [2.75, 3.05) is 40.4 Å². The average molecular weight is 363 g/mol. The van der Waals surface area contributed by atoms with Gasteiger partial charge in [0.25, 0.3) is 0 Å². The summed E-state index contributed by atoms with van der Waals surface area (Å²) in [6.07, 6.45) is 4.05. The van der Waals surface area contributed by atoms with Crippen LogP contribution in [0.5, 0.6) is 11.5 Å². The summed E-state index contributed by atoms with van der Waals surface area (Å²) in [5.74, 6) is 2.56. The topological polar surface area (TPSA) is 33.7 Å². The highest BCUT2D eigenvalue weighted by Gasteiger charge is 2.34. The van der Waals surface area contributed by atoms with Crippen molar-refractivity contribution in [1.29, 1.82) is 0 Å². The standard InChI is InChI=1S/C17H26N2O2.2ClH/c1-20-15-10-14(11-16(12-15)21-2)17(13-4-3-5-13)19-8-6-18-7-9-19;;/h10-13,17-18H,3-9H2,1-2H3;2*1H/t17-;;/m1../s1. The van der Waals surface area contributed by atoms with Gasteiger partial charge < -0.3 is 14.8 Å². The third-order valence-corrected chi connectivity index (χ3v) is 4.86. The molecule has 0 amide bonds. The molecule has 0 radical (unpaired) electrons. The molecule has 1 aliphatic carbocycles. The van der Waals surface area contributed by atoms with E-state index >= 15 is 0 Å². The molecular formula is C17H28Cl2N2O2. The molecule has 1 heterocycles. The molecule has 0 unspecified atom stereocenters. The highest BCUT2D eigenvalue weighted by molar-refractivity contribution is 5.85. The predicted octanol–water partition coefficient (Wildman–Crippen LogP) is 3.29. The second-order valence-electron chi connectivity index (χ2n) is 6.07. The molecule has 6 heteroatoms. The maximum atomic E-state index is 5.46. The van der Waals surface area contributed by atoms with E-state index in [9.17, 15) is 0 Å². The van der Waals surface area contributed by atoms with E-state index in [4.69, 9.17) is 9.47 Å². The summed E-state index contributed by atoms with van der Waals surface area (Å²) in [4.78, 5) is 2.63. The van der Waals surface area contributed by atoms with Gasteiger partial charge in [0.2, 0.25) is 0 Å². The average Bonchev–Trinajstić information content (AvgIpc) is 2.50. The molecule has 0 bridgehead atoms. The molecule has 3 rings (SSSR count). The molecule has 1 aromatic rings. The highest BCUT2D eigenvalue weighted by atomic mass is 35.5. The molecule has 132 valence electrons. The summed E-state index contributed by atoms with van der Waals surface area (Å²) in [5, 5.41) is 3.45. The lowest BCUT2D eigenvalue weighted by Crippen LogP contribution is -2.47. The van der Waals surface area contributed by atoms with E-state index in [-0.39, 0.29) is 24.8 Å². The Morgan fingerprint density at radius 3 is 2.00 bits per heavy atom. The largest absolute Gasteiger partial charge is 0.497 e. The Bertz CT molecular complexity index is 455. The fourth-order valence-corrected chi connectivity index (χ4v) is 3.50. The lowest BCUT2D eigenvalue weighted by atomic mass is 9.76. The minimum atomic E-state index is 0. The van der Waals surface area contributed by atoms with Crippen molar-refractivity contribution >= 4 is 24.8 Å². The smallest absolute Gasteiger partial charge is 0.122 e. The van der Waals surface area contributed by atoms with E-state index in [1.807, 2.05) is 6.07 Å². The van der Waals surface area contributed by atoms with Gasteiger partial charge in [-0.3, -0.25) is 4.90 Å². The van der Waals surface area contributed by atoms with Crippen LogP contribution in [0.1, 0.15) is 30.9 Å². The van der Waals surface area contributed by atoms with Gasteiger partial charge in [0.05, 0.1) is 14.2 Å². The molecule has 23 heavy (non-hydrogen) atoms. The van der Waals surface area contributed by atoms with Crippen LogP contribution in [0.15, 0.2) is 18.2 Å². The Morgan fingerprint density at radius 1 is 1.00 bits per heavy atom. The molecule has 4 nitrogen and oxygen atoms in total. The van der Waals surface area contributed by atoms with Gasteiger partial charge in [-0.2, -0.15) is 0 Å². The maximum Gasteiger partial charge on any atom is 0.122 e. The van der Waals surface area contributed by atoms with Crippen molar-refractivity contribution in [3.8, 4) is 11.5 Å². The van der Waals surface area contributed by atoms with Gasteiger partial charge in [0.1, 0.15) is 11.5 Å². The molecule has 1 saturated carbocycles. The van der Waals surface area contributed by atoms with Gasteiger partial charge in [-0.25, -0.2) is 0 Å². The Hall–Kier alpha value is -0.680. The lowest BCUT2D eigenvalue weighted by Gasteiger charge is -2.43. The highest BCUT2D eigenvalue weighted by Crippen LogP contribution is 2.43. The number of benzene rings is 1. The van der Waals surface area contributed by atoms with Crippen LogP contribution in [0.4, 0.5) is 0 Å². The van der Waals surface area contributed by atoms with E-state index in [2.05, 4.69) is 22.3 Å². The number of hydrogen-bond acceptors (Lipinski definition) is 4. The third-order valence-electron chi connectivity index (χ3n) is 4.86. The number of rotatable bonds is 5. The van der Waals surface area contributed by atoms with Crippen molar-refractivity contribution < 1.29 is 9.47 Å². The van der Waals surface area contributed by atoms with E-state index in [0.29, 0.717) is 6.04 Å². The van der Waals surface area contributed by atoms with Crippen molar-refractivity contribution in [2.24, 2.45) is 5.92 Å². The van der Waals surface area contributed by atoms with Crippen LogP contribution in [0.3, 0.4) is 0 Å². The Balaban J connectivity index is 0.00000132. The summed E-state index contributed by atoms with van der Waals surface area (Å²) in [7, 11) is 3.45. The second-order valence-corrected chi connectivity index (χ2v) is 6.07. The summed E-state index contributed by atoms with van der Waals surface area (Å²) in [6, 6.07) is 6.84. The number of methoxy groups -OCH3 is 2. The molecule has 2 aliphatic rings. The Labute approximate surface area is 151 Å². The van der Waals surface area contributed by atoms with Gasteiger partial charge >= 0.3 is 0 Å². The number of hydrogen-bond donors (Lipinski definition) is 1. The number of nitrogens with one attached hydrogen (secondary N) is 1. The predicted molar refractivity (Wildman–Crippen MR) is 98.6 cm³/mol. The summed E-state index contributed by atoms with van der Waals surface area (Å²) >= 11 is 0. The molecule has 0 spiro atoms. The number of piperazine rings is 1. The monoisotopic (exact) mass is 362 g/mol. The van der Waals surface area contributed by atoms with Gasteiger partial charge in [0, 0.05) is 38.3 Å². The minimum absolute atomic E-state index is 0. The van der Waals surface area contributed by atoms with Crippen LogP contribution in [0.25, 0.3) is 0 Å². The van der Waals surface area contributed by atoms with Crippen LogP contribution in [-0.2, 0) is 0 Å². The number of ether oxygens (including phenoxy) is 2. The van der Waals surface area contributed by atoms with E-state index in [0.717, 1.165) is 43.6 Å². The summed E-state index contributed by atoms with van der Waals surface area (Å²) < 4.78 is 10.9. The Morgan fingerprint density at radius 2 is 1.57 bits per heavy atom. The fraction of sp³-hybridized carbons (Fsp3) is 0.647. The zero-order valence-corrected chi connectivity index (χ0v) is 15.5. The summed E-state index contributed by atoms with van der Waals surface area (Å²) in [6.45, 7) is 4.43. The first-order chi connectivity index (χ1) is 10.3. The molecule has 0 aromatic heterocycles. The van der Waals surface area contributed by atoms with Crippen LogP contribution in [-0.4, -0.2) is 45.3 Å². The van der Waals surface area contributed by atoms with Crippen LogP contribution in [0, 0.1) is 5.92 Å². The van der Waals surface area contributed by atoms with Gasteiger partial charge in [-0.15, -0.1) is 24.8 Å². The van der Waals surface area contributed by atoms with Gasteiger partial charge in [-0.1, -0.05) is 6.42 Å². The molecule has 1 atom stereocenters. The van der Waals surface area contributed by atoms with Crippen LogP contribution < -0.4 is 14.8 Å². The molecule has 1 aliphatic heterocycles. The van der Waals surface area contributed by atoms with E-state index < -0.39 is 0 Å².